The zero-order valence-corrected chi connectivity index (χ0v) is 54.0. The molecule has 3 heterocycles. The number of ketones is 1. The van der Waals surface area contributed by atoms with E-state index in [1.165, 1.54) is 54.7 Å². The van der Waals surface area contributed by atoms with Crippen LogP contribution in [0.3, 0.4) is 0 Å². The van der Waals surface area contributed by atoms with Gasteiger partial charge in [-0.1, -0.05) is 83.1 Å². The normalized spacial score (nSPS) is 16.8. The highest BCUT2D eigenvalue weighted by molar-refractivity contribution is 9.10. The number of carbonyl (C=O) groups is 10. The number of rotatable bonds is 47. The van der Waals surface area contributed by atoms with Gasteiger partial charge in [0.1, 0.15) is 53.7 Å². The lowest BCUT2D eigenvalue weighted by Gasteiger charge is -2.27. The summed E-state index contributed by atoms with van der Waals surface area (Å²) in [6.45, 7) is 3.72. The number of hydrogen-bond donors (Lipinski definition) is 8. The molecule has 7 amide bonds. The minimum Gasteiger partial charge on any atom is -0.481 e. The first-order chi connectivity index (χ1) is 43.8. The number of halogens is 1. The molecule has 1 aromatic carbocycles. The number of Topliss-reactive ketones (excluding diaryl/α,β-unsaturated/α-hetero) is 1. The van der Waals surface area contributed by atoms with Crippen LogP contribution in [0.4, 0.5) is 10.6 Å². The summed E-state index contributed by atoms with van der Waals surface area (Å²) in [5, 5.41) is 39.6. The van der Waals surface area contributed by atoms with Crippen LogP contribution < -0.4 is 36.6 Å². The molecule has 0 radical (unpaired) electrons. The zero-order valence-electron chi connectivity index (χ0n) is 52.4. The van der Waals surface area contributed by atoms with Gasteiger partial charge >= 0.3 is 18.0 Å². The van der Waals surface area contributed by atoms with Crippen LogP contribution in [-0.4, -0.2) is 186 Å². The lowest BCUT2D eigenvalue weighted by atomic mass is 9.99. The Kier molecular flexibility index (Phi) is 31.0. The van der Waals surface area contributed by atoms with E-state index in [0.29, 0.717) is 39.7 Å². The van der Waals surface area contributed by atoms with E-state index in [2.05, 4.69) is 57.9 Å². The second kappa shape index (κ2) is 38.6. The summed E-state index contributed by atoms with van der Waals surface area (Å²) in [5.74, 6) is -4.14. The van der Waals surface area contributed by atoms with E-state index in [1.807, 2.05) is 0 Å². The van der Waals surface area contributed by atoms with Crippen molar-refractivity contribution < 1.29 is 81.8 Å². The van der Waals surface area contributed by atoms with E-state index >= 15 is 0 Å². The second-order valence-corrected chi connectivity index (χ2v) is 24.4. The fourth-order valence-corrected chi connectivity index (χ4v) is 11.2. The molecule has 0 bridgehead atoms. The molecule has 1 aliphatic heterocycles. The predicted molar refractivity (Wildman–Crippen MR) is 336 cm³/mol. The Bertz CT molecular complexity index is 2940. The van der Waals surface area contributed by atoms with Crippen LogP contribution in [0.2, 0.25) is 0 Å². The molecule has 4 atom stereocenters. The third kappa shape index (κ3) is 26.2. The molecule has 2 aromatic heterocycles. The van der Waals surface area contributed by atoms with Gasteiger partial charge in [-0.3, -0.25) is 43.0 Å². The number of amides is 7. The number of fused-ring (bicyclic) bond motifs is 2. The molecular formula is C63H91BrN10O17. The van der Waals surface area contributed by atoms with Gasteiger partial charge in [0.25, 0.3) is 0 Å². The standard InChI is InChI=1S/C63H91BrN10O17/c1-42-19-25-51(64)70-59(42)71-60(83)49-36-63(37-50(63)74(49)56(80)38-73-48-24-22-45(91-62(86)68-44-20-21-44)35-46(48)58(72-73)43(2)75)41-67-55(79)40-90-34-32-88-30-28-66-54(78)39-89-33-31-87-29-27-65-52(76)26-23-47(61(84)85)69-53(77)17-15-13-11-9-7-5-3-4-6-8-10-12-14-16-18-57(81)82/h19,22,24-25,35,44,47,49-50H,3-18,20-21,23,26-34,36-41H2,1-2H3,(H,65,76)(H,66,78)(H,67,79)(H,68,86)(H,69,77)(H,81,82)(H,84,85)(H,70,71,83)/t47-,49-,50+,63-/m0/s1. The third-order valence-electron chi connectivity index (χ3n) is 16.1. The molecule has 2 aliphatic carbocycles. The Morgan fingerprint density at radius 1 is 0.681 bits per heavy atom. The zero-order chi connectivity index (χ0) is 65.5. The molecule has 6 rings (SSSR count). The summed E-state index contributed by atoms with van der Waals surface area (Å²) in [5.41, 5.74) is 0.638. The first-order valence-corrected chi connectivity index (χ1v) is 32.7. The third-order valence-corrected chi connectivity index (χ3v) is 16.5. The topological polar surface area (TPSA) is 363 Å². The Morgan fingerprint density at radius 3 is 1.86 bits per heavy atom. The van der Waals surface area contributed by atoms with Gasteiger partial charge < -0.3 is 70.7 Å². The Balaban J connectivity index is 0.768. The largest absolute Gasteiger partial charge is 0.481 e. The Labute approximate surface area is 538 Å². The number of carboxylic acid groups (broad SMARTS) is 2. The molecule has 8 N–H and O–H groups in total. The van der Waals surface area contributed by atoms with Crippen molar-refractivity contribution >= 4 is 91.9 Å². The molecule has 1 saturated heterocycles. The summed E-state index contributed by atoms with van der Waals surface area (Å²) in [6.07, 6.45) is 17.1. The Hall–Kier alpha value is -7.14. The maximum Gasteiger partial charge on any atom is 0.412 e. The number of piperidine rings is 1. The number of aliphatic carboxylic acids is 2. The number of nitrogens with one attached hydrogen (secondary N) is 6. The van der Waals surface area contributed by atoms with Gasteiger partial charge in [0.15, 0.2) is 5.78 Å². The monoisotopic (exact) mass is 1340 g/mol. The van der Waals surface area contributed by atoms with Crippen LogP contribution in [-0.2, 0) is 63.8 Å². The van der Waals surface area contributed by atoms with Crippen molar-refractivity contribution in [1.82, 2.24) is 46.2 Å². The maximum absolute atomic E-state index is 14.4. The van der Waals surface area contributed by atoms with E-state index in [0.717, 1.165) is 64.2 Å². The van der Waals surface area contributed by atoms with E-state index in [-0.39, 0.29) is 152 Å². The summed E-state index contributed by atoms with van der Waals surface area (Å²) >= 11 is 3.35. The quantitative estimate of drug-likeness (QED) is 0.0181. The number of aromatic nitrogens is 3. The first-order valence-electron chi connectivity index (χ1n) is 31.9. The van der Waals surface area contributed by atoms with Gasteiger partial charge in [-0.15, -0.1) is 0 Å². The summed E-state index contributed by atoms with van der Waals surface area (Å²) in [7, 11) is 0. The van der Waals surface area contributed by atoms with E-state index < -0.39 is 59.3 Å². The van der Waals surface area contributed by atoms with Gasteiger partial charge in [-0.2, -0.15) is 5.10 Å². The lowest BCUT2D eigenvalue weighted by Crippen LogP contribution is -2.47. The van der Waals surface area contributed by atoms with Crippen LogP contribution in [0.1, 0.15) is 164 Å². The predicted octanol–water partition coefficient (Wildman–Crippen LogP) is 6.04. The highest BCUT2D eigenvalue weighted by Gasteiger charge is 2.67. The molecule has 27 nitrogen and oxygen atoms in total. The fraction of sp³-hybridized carbons (Fsp3) is 0.651. The summed E-state index contributed by atoms with van der Waals surface area (Å²) < 4.78 is 29.2. The van der Waals surface area contributed by atoms with Gasteiger partial charge in [0.05, 0.1) is 45.2 Å². The minimum atomic E-state index is -1.20. The van der Waals surface area contributed by atoms with Crippen molar-refractivity contribution in [2.24, 2.45) is 5.41 Å². The average Bonchev–Trinajstić information content (AvgIpc) is 1.54. The van der Waals surface area contributed by atoms with Crippen molar-refractivity contribution in [3.05, 3.63) is 46.2 Å². The van der Waals surface area contributed by atoms with Gasteiger partial charge in [0, 0.05) is 68.7 Å². The molecule has 28 heteroatoms. The molecule has 3 aromatic rings. The number of carbonyl (C=O) groups excluding carboxylic acids is 8. The molecule has 3 fully saturated rings. The van der Waals surface area contributed by atoms with Crippen molar-refractivity contribution in [1.29, 1.82) is 0 Å². The molecule has 3 aliphatic rings. The molecule has 2 saturated carbocycles. The number of pyridine rings is 1. The van der Waals surface area contributed by atoms with Crippen molar-refractivity contribution in [3.8, 4) is 5.75 Å². The average molecular weight is 1340 g/mol. The van der Waals surface area contributed by atoms with Crippen LogP contribution in [0.15, 0.2) is 34.9 Å². The number of anilines is 1. The number of benzene rings is 1. The first kappa shape index (κ1) is 72.9. The molecule has 502 valence electrons. The van der Waals surface area contributed by atoms with E-state index in [1.54, 1.807) is 31.2 Å². The van der Waals surface area contributed by atoms with Crippen molar-refractivity contribution in [2.75, 3.05) is 77.8 Å². The van der Waals surface area contributed by atoms with Gasteiger partial charge in [0.2, 0.25) is 35.4 Å². The Morgan fingerprint density at radius 2 is 1.26 bits per heavy atom. The second-order valence-electron chi connectivity index (χ2n) is 23.6. The molecule has 0 spiro atoms. The molecular weight excluding hydrogens is 1250 g/mol. The van der Waals surface area contributed by atoms with Crippen molar-refractivity contribution in [2.45, 2.75) is 186 Å². The number of aryl methyl sites for hydroxylation is 1. The highest BCUT2D eigenvalue weighted by Crippen LogP contribution is 2.59. The summed E-state index contributed by atoms with van der Waals surface area (Å²) in [4.78, 5) is 132. The van der Waals surface area contributed by atoms with Gasteiger partial charge in [-0.25, -0.2) is 14.6 Å². The van der Waals surface area contributed by atoms with Gasteiger partial charge in [-0.05, 0) is 97.6 Å². The van der Waals surface area contributed by atoms with Crippen LogP contribution >= 0.6 is 15.9 Å². The number of ether oxygens (including phenoxy) is 5. The summed E-state index contributed by atoms with van der Waals surface area (Å²) in [6, 6.07) is 5.83. The van der Waals surface area contributed by atoms with Crippen molar-refractivity contribution in [3.63, 3.8) is 0 Å². The molecule has 91 heavy (non-hydrogen) atoms. The van der Waals surface area contributed by atoms with E-state index in [4.69, 9.17) is 28.8 Å². The molecule has 0 unspecified atom stereocenters. The number of likely N-dealkylation sites (tertiary alicyclic amines) is 1. The number of unbranched alkanes of at least 4 members (excludes halogenated alkanes) is 13. The van der Waals surface area contributed by atoms with Crippen LogP contribution in [0.25, 0.3) is 10.9 Å². The number of nitrogens with zero attached hydrogens (tertiary/aromatic N) is 4. The SMILES string of the molecule is CC(=O)c1nn(CC(=O)N2[C@H](C(=O)Nc3nc(Br)ccc3C)C[C@@]3(CNC(=O)COCCOCCNC(=O)COCCOCCNC(=O)CC[C@H](NC(=O)CCCCCCCCCCCCCCCCC(=O)O)C(=O)O)C[C@@H]23)c2ccc(OC(=O)NC3CC3)cc12. The maximum atomic E-state index is 14.4. The smallest absolute Gasteiger partial charge is 0.412 e. The minimum absolute atomic E-state index is 0.0542. The number of carboxylic acids is 2. The van der Waals surface area contributed by atoms with E-state index in [9.17, 15) is 53.1 Å². The van der Waals surface area contributed by atoms with Crippen LogP contribution in [0, 0.1) is 12.3 Å². The fourth-order valence-electron chi connectivity index (χ4n) is 10.9. The number of hydrogen-bond acceptors (Lipinski definition) is 17. The van der Waals surface area contributed by atoms with Crippen LogP contribution in [0.5, 0.6) is 5.75 Å². The highest BCUT2D eigenvalue weighted by atomic mass is 79.9. The lowest BCUT2D eigenvalue weighted by molar-refractivity contribution is -0.142.